The Balaban J connectivity index is 3.24. The molecule has 0 bridgehead atoms. The molecule has 0 aromatic carbocycles. The van der Waals surface area contributed by atoms with Crippen LogP contribution in [0.4, 0.5) is 8.78 Å². The Kier molecular flexibility index (Phi) is 3.49. The predicted molar refractivity (Wildman–Crippen MR) is 47.7 cm³/mol. The third-order valence-electron chi connectivity index (χ3n) is 2.03. The predicted octanol–water partition coefficient (Wildman–Crippen LogP) is 1.28. The molecule has 1 aromatic rings. The number of halogens is 2. The molecule has 1 rings (SSSR count). The standard InChI is InChI=1S/C9H12F2N2O/c1-5-6(3-12)2-7(4-14)8(13-5)9(10)11/h2,9,14H,3-4,12H2,1H3. The van der Waals surface area contributed by atoms with Crippen molar-refractivity contribution in [3.63, 3.8) is 0 Å². The molecule has 1 aromatic heterocycles. The highest BCUT2D eigenvalue weighted by Gasteiger charge is 2.16. The van der Waals surface area contributed by atoms with Gasteiger partial charge in [-0.1, -0.05) is 0 Å². The van der Waals surface area contributed by atoms with E-state index in [0.717, 1.165) is 0 Å². The lowest BCUT2D eigenvalue weighted by Gasteiger charge is -2.10. The zero-order valence-electron chi connectivity index (χ0n) is 7.80. The third-order valence-corrected chi connectivity index (χ3v) is 2.03. The van der Waals surface area contributed by atoms with E-state index in [1.54, 1.807) is 6.92 Å². The minimum atomic E-state index is -2.66. The molecule has 0 unspecified atom stereocenters. The van der Waals surface area contributed by atoms with Gasteiger partial charge in [0.05, 0.1) is 6.61 Å². The number of nitrogens with two attached hydrogens (primary N) is 1. The molecule has 1 heterocycles. The second kappa shape index (κ2) is 4.43. The summed E-state index contributed by atoms with van der Waals surface area (Å²) in [7, 11) is 0. The summed E-state index contributed by atoms with van der Waals surface area (Å²) in [5.41, 5.74) is 6.34. The van der Waals surface area contributed by atoms with E-state index in [4.69, 9.17) is 10.8 Å². The third kappa shape index (κ3) is 2.05. The number of pyridine rings is 1. The second-order valence-electron chi connectivity index (χ2n) is 2.94. The van der Waals surface area contributed by atoms with Crippen LogP contribution in [0.5, 0.6) is 0 Å². The fourth-order valence-corrected chi connectivity index (χ4v) is 1.24. The normalized spacial score (nSPS) is 11.0. The molecule has 0 aliphatic carbocycles. The minimum absolute atomic E-state index is 0.144. The molecular formula is C9H12F2N2O. The van der Waals surface area contributed by atoms with Crippen LogP contribution in [-0.4, -0.2) is 10.1 Å². The number of aromatic nitrogens is 1. The lowest BCUT2D eigenvalue weighted by atomic mass is 10.1. The number of aliphatic hydroxyl groups is 1. The molecule has 0 atom stereocenters. The van der Waals surface area contributed by atoms with Crippen molar-refractivity contribution in [3.8, 4) is 0 Å². The van der Waals surface area contributed by atoms with E-state index < -0.39 is 13.0 Å². The van der Waals surface area contributed by atoms with E-state index >= 15 is 0 Å². The molecular weight excluding hydrogens is 190 g/mol. The molecule has 78 valence electrons. The molecule has 0 fully saturated rings. The lowest BCUT2D eigenvalue weighted by molar-refractivity contribution is 0.141. The lowest BCUT2D eigenvalue weighted by Crippen LogP contribution is -2.07. The Hall–Kier alpha value is -1.07. The van der Waals surface area contributed by atoms with Crippen LogP contribution >= 0.6 is 0 Å². The molecule has 3 N–H and O–H groups in total. The van der Waals surface area contributed by atoms with Crippen LogP contribution in [0, 0.1) is 6.92 Å². The summed E-state index contributed by atoms with van der Waals surface area (Å²) in [5, 5.41) is 8.86. The first kappa shape index (κ1) is 11.0. The molecule has 0 aliphatic heterocycles. The van der Waals surface area contributed by atoms with Crippen LogP contribution < -0.4 is 5.73 Å². The number of aliphatic hydroxyl groups excluding tert-OH is 1. The molecule has 0 saturated carbocycles. The molecule has 0 saturated heterocycles. The van der Waals surface area contributed by atoms with Crippen molar-refractivity contribution in [1.82, 2.24) is 4.98 Å². The van der Waals surface area contributed by atoms with Crippen LogP contribution in [0.2, 0.25) is 0 Å². The Bertz CT molecular complexity index is 329. The van der Waals surface area contributed by atoms with Crippen molar-refractivity contribution >= 4 is 0 Å². The summed E-state index contributed by atoms with van der Waals surface area (Å²) >= 11 is 0. The Morgan fingerprint density at radius 3 is 2.57 bits per heavy atom. The van der Waals surface area contributed by atoms with Gasteiger partial charge < -0.3 is 10.8 Å². The highest BCUT2D eigenvalue weighted by atomic mass is 19.3. The molecule has 0 spiro atoms. The van der Waals surface area contributed by atoms with Gasteiger partial charge in [0.1, 0.15) is 5.69 Å². The maximum Gasteiger partial charge on any atom is 0.280 e. The average molecular weight is 202 g/mol. The number of hydrogen-bond acceptors (Lipinski definition) is 3. The number of hydrogen-bond donors (Lipinski definition) is 2. The van der Waals surface area contributed by atoms with E-state index in [1.165, 1.54) is 6.07 Å². The first-order valence-electron chi connectivity index (χ1n) is 4.18. The SMILES string of the molecule is Cc1nc(C(F)F)c(CO)cc1CN. The zero-order valence-corrected chi connectivity index (χ0v) is 7.80. The number of aryl methyl sites for hydroxylation is 1. The van der Waals surface area contributed by atoms with Crippen LogP contribution in [0.25, 0.3) is 0 Å². The number of alkyl halides is 2. The van der Waals surface area contributed by atoms with Crippen molar-refractivity contribution in [2.75, 3.05) is 0 Å². The van der Waals surface area contributed by atoms with Gasteiger partial charge in [0.25, 0.3) is 6.43 Å². The summed E-state index contributed by atoms with van der Waals surface area (Å²) in [6, 6.07) is 1.48. The minimum Gasteiger partial charge on any atom is -0.392 e. The molecule has 0 radical (unpaired) electrons. The van der Waals surface area contributed by atoms with E-state index in [-0.39, 0.29) is 17.8 Å². The average Bonchev–Trinajstić information content (AvgIpc) is 2.17. The quantitative estimate of drug-likeness (QED) is 0.776. The van der Waals surface area contributed by atoms with Crippen molar-refractivity contribution in [2.24, 2.45) is 5.73 Å². The second-order valence-corrected chi connectivity index (χ2v) is 2.94. The number of nitrogens with zero attached hydrogens (tertiary/aromatic N) is 1. The first-order valence-corrected chi connectivity index (χ1v) is 4.18. The summed E-state index contributed by atoms with van der Waals surface area (Å²) in [5.74, 6) is 0. The van der Waals surface area contributed by atoms with Gasteiger partial charge in [-0.15, -0.1) is 0 Å². The van der Waals surface area contributed by atoms with Gasteiger partial charge in [0, 0.05) is 17.8 Å². The van der Waals surface area contributed by atoms with Gasteiger partial charge in [-0.25, -0.2) is 8.78 Å². The van der Waals surface area contributed by atoms with Crippen molar-refractivity contribution in [3.05, 3.63) is 28.6 Å². The Morgan fingerprint density at radius 2 is 2.14 bits per heavy atom. The summed E-state index contributed by atoms with van der Waals surface area (Å²) in [6.45, 7) is 1.41. The van der Waals surface area contributed by atoms with Gasteiger partial charge in [0.15, 0.2) is 0 Å². The molecule has 5 heteroatoms. The van der Waals surface area contributed by atoms with Crippen molar-refractivity contribution < 1.29 is 13.9 Å². The smallest absolute Gasteiger partial charge is 0.280 e. The van der Waals surface area contributed by atoms with Gasteiger partial charge >= 0.3 is 0 Å². The van der Waals surface area contributed by atoms with E-state index in [9.17, 15) is 8.78 Å². The maximum atomic E-state index is 12.4. The van der Waals surface area contributed by atoms with E-state index in [1.807, 2.05) is 0 Å². The Morgan fingerprint density at radius 1 is 1.50 bits per heavy atom. The zero-order chi connectivity index (χ0) is 10.7. The number of rotatable bonds is 3. The topological polar surface area (TPSA) is 59.1 Å². The maximum absolute atomic E-state index is 12.4. The molecule has 14 heavy (non-hydrogen) atoms. The summed E-state index contributed by atoms with van der Waals surface area (Å²) in [6.07, 6.45) is -2.66. The molecule has 0 amide bonds. The molecule has 0 aliphatic rings. The van der Waals surface area contributed by atoms with Gasteiger partial charge in [-0.3, -0.25) is 4.98 Å². The highest BCUT2D eigenvalue weighted by Crippen LogP contribution is 2.23. The molecule has 3 nitrogen and oxygen atoms in total. The van der Waals surface area contributed by atoms with Gasteiger partial charge in [0.2, 0.25) is 0 Å². The van der Waals surface area contributed by atoms with Crippen LogP contribution in [0.15, 0.2) is 6.07 Å². The summed E-state index contributed by atoms with van der Waals surface area (Å²) in [4.78, 5) is 3.72. The summed E-state index contributed by atoms with van der Waals surface area (Å²) < 4.78 is 24.9. The highest BCUT2D eigenvalue weighted by molar-refractivity contribution is 5.30. The van der Waals surface area contributed by atoms with Gasteiger partial charge in [-0.05, 0) is 18.6 Å². The Labute approximate surface area is 80.6 Å². The van der Waals surface area contributed by atoms with Crippen LogP contribution in [0.1, 0.15) is 28.9 Å². The van der Waals surface area contributed by atoms with E-state index in [2.05, 4.69) is 4.98 Å². The van der Waals surface area contributed by atoms with Crippen molar-refractivity contribution in [2.45, 2.75) is 26.5 Å². The fraction of sp³-hybridized carbons (Fsp3) is 0.444. The fourth-order valence-electron chi connectivity index (χ4n) is 1.24. The van der Waals surface area contributed by atoms with Crippen LogP contribution in [-0.2, 0) is 13.2 Å². The largest absolute Gasteiger partial charge is 0.392 e. The van der Waals surface area contributed by atoms with Gasteiger partial charge in [-0.2, -0.15) is 0 Å². The monoisotopic (exact) mass is 202 g/mol. The van der Waals surface area contributed by atoms with Crippen LogP contribution in [0.3, 0.4) is 0 Å². The van der Waals surface area contributed by atoms with E-state index in [0.29, 0.717) is 11.3 Å². The first-order chi connectivity index (χ1) is 6.60. The van der Waals surface area contributed by atoms with Crippen molar-refractivity contribution in [1.29, 1.82) is 0 Å².